The van der Waals surface area contributed by atoms with E-state index in [1.807, 2.05) is 25.1 Å². The van der Waals surface area contributed by atoms with Gasteiger partial charge in [0, 0.05) is 10.4 Å². The number of hydrogen-bond acceptors (Lipinski definition) is 5. The third-order valence-electron chi connectivity index (χ3n) is 5.86. The van der Waals surface area contributed by atoms with Crippen molar-refractivity contribution in [2.45, 2.75) is 46.1 Å². The predicted molar refractivity (Wildman–Crippen MR) is 129 cm³/mol. The molecule has 0 unspecified atom stereocenters. The fourth-order valence-corrected chi connectivity index (χ4v) is 5.45. The van der Waals surface area contributed by atoms with Gasteiger partial charge in [-0.05, 0) is 68.9 Å². The molecular weight excluding hydrogens is 420 g/mol. The summed E-state index contributed by atoms with van der Waals surface area (Å²) in [5.41, 5.74) is 4.27. The Morgan fingerprint density at radius 1 is 1.03 bits per heavy atom. The molecule has 0 saturated carbocycles. The summed E-state index contributed by atoms with van der Waals surface area (Å²) in [5.74, 6) is 1.88. The van der Waals surface area contributed by atoms with E-state index in [2.05, 4.69) is 36.2 Å². The van der Waals surface area contributed by atoms with Gasteiger partial charge < -0.3 is 14.5 Å². The fraction of sp³-hybridized carbons (Fsp3) is 0.308. The van der Waals surface area contributed by atoms with Crippen LogP contribution in [0.15, 0.2) is 47.3 Å². The number of nitrogens with one attached hydrogen (secondary N) is 1. The van der Waals surface area contributed by atoms with Crippen LogP contribution in [0.25, 0.3) is 21.6 Å². The lowest BCUT2D eigenvalue weighted by Crippen LogP contribution is -2.11. The largest absolute Gasteiger partial charge is 0.490 e. The average Bonchev–Trinajstić information content (AvgIpc) is 3.18. The second-order valence-corrected chi connectivity index (χ2v) is 9.26. The van der Waals surface area contributed by atoms with E-state index in [1.165, 1.54) is 22.4 Å². The summed E-state index contributed by atoms with van der Waals surface area (Å²) >= 11 is 1.66. The van der Waals surface area contributed by atoms with E-state index in [-0.39, 0.29) is 5.56 Å². The Bertz CT molecular complexity index is 1320. The number of ether oxygens (including phenoxy) is 2. The van der Waals surface area contributed by atoms with E-state index in [4.69, 9.17) is 14.5 Å². The van der Waals surface area contributed by atoms with Gasteiger partial charge >= 0.3 is 0 Å². The first-order valence-corrected chi connectivity index (χ1v) is 11.9. The first kappa shape index (κ1) is 20.8. The number of benzene rings is 2. The van der Waals surface area contributed by atoms with Crippen molar-refractivity contribution in [2.75, 3.05) is 6.61 Å². The number of nitrogens with zero attached hydrogens (tertiary/aromatic N) is 1. The van der Waals surface area contributed by atoms with Crippen molar-refractivity contribution in [1.29, 1.82) is 0 Å². The molecule has 164 valence electrons. The molecule has 0 atom stereocenters. The van der Waals surface area contributed by atoms with Crippen LogP contribution in [0.5, 0.6) is 11.5 Å². The molecule has 0 radical (unpaired) electrons. The molecule has 2 aromatic heterocycles. The molecule has 4 aromatic rings. The quantitative estimate of drug-likeness (QED) is 0.406. The summed E-state index contributed by atoms with van der Waals surface area (Å²) in [6.45, 7) is 4.99. The summed E-state index contributed by atoms with van der Waals surface area (Å²) in [7, 11) is 0. The summed E-state index contributed by atoms with van der Waals surface area (Å²) in [5, 5.41) is 0.775. The second-order valence-electron chi connectivity index (χ2n) is 8.17. The summed E-state index contributed by atoms with van der Waals surface area (Å²) < 4.78 is 11.9. The van der Waals surface area contributed by atoms with Crippen LogP contribution in [0, 0.1) is 6.92 Å². The zero-order valence-corrected chi connectivity index (χ0v) is 19.2. The van der Waals surface area contributed by atoms with Crippen LogP contribution in [0.3, 0.4) is 0 Å². The molecular formula is C26H26N2O3S. The van der Waals surface area contributed by atoms with E-state index >= 15 is 0 Å². The van der Waals surface area contributed by atoms with Crippen molar-refractivity contribution >= 4 is 21.6 Å². The lowest BCUT2D eigenvalue weighted by atomic mass is 9.97. The smallest absolute Gasteiger partial charge is 0.260 e. The van der Waals surface area contributed by atoms with Crippen LogP contribution < -0.4 is 15.0 Å². The van der Waals surface area contributed by atoms with Crippen molar-refractivity contribution in [2.24, 2.45) is 0 Å². The molecule has 0 fully saturated rings. The van der Waals surface area contributed by atoms with Crippen LogP contribution in [0.1, 0.15) is 41.3 Å². The normalized spacial score (nSPS) is 13.2. The van der Waals surface area contributed by atoms with Crippen molar-refractivity contribution in [1.82, 2.24) is 9.97 Å². The van der Waals surface area contributed by atoms with Crippen molar-refractivity contribution in [3.05, 3.63) is 74.4 Å². The lowest BCUT2D eigenvalue weighted by Gasteiger charge is -2.13. The Morgan fingerprint density at radius 3 is 2.66 bits per heavy atom. The van der Waals surface area contributed by atoms with Gasteiger partial charge in [-0.25, -0.2) is 4.98 Å². The molecule has 0 amide bonds. The van der Waals surface area contributed by atoms with Gasteiger partial charge in [-0.2, -0.15) is 0 Å². The van der Waals surface area contributed by atoms with E-state index in [1.54, 1.807) is 11.3 Å². The zero-order chi connectivity index (χ0) is 22.1. The van der Waals surface area contributed by atoms with Gasteiger partial charge in [0.15, 0.2) is 11.5 Å². The monoisotopic (exact) mass is 446 g/mol. The Hall–Kier alpha value is -3.12. The van der Waals surface area contributed by atoms with E-state index < -0.39 is 0 Å². The predicted octanol–water partition coefficient (Wildman–Crippen LogP) is 5.82. The molecule has 32 heavy (non-hydrogen) atoms. The highest BCUT2D eigenvalue weighted by Gasteiger charge is 2.20. The Kier molecular flexibility index (Phi) is 5.70. The standard InChI is InChI=1S/C26H26N2O3S/c1-3-30-21-14-18(12-13-20(21)31-15-17-10-8-16(2)9-11-17)24-27-25(29)23-19-6-4-5-7-22(19)32-26(23)28-24/h8-14H,3-7,15H2,1-2H3,(H,27,28,29). The number of fused-ring (bicyclic) bond motifs is 3. The van der Waals surface area contributed by atoms with Gasteiger partial charge in [0.2, 0.25) is 0 Å². The topological polar surface area (TPSA) is 64.2 Å². The molecule has 0 spiro atoms. The lowest BCUT2D eigenvalue weighted by molar-refractivity contribution is 0.269. The van der Waals surface area contributed by atoms with E-state index in [0.717, 1.165) is 40.6 Å². The maximum atomic E-state index is 12.9. The van der Waals surface area contributed by atoms with E-state index in [0.29, 0.717) is 30.5 Å². The Balaban J connectivity index is 1.47. The molecule has 2 aromatic carbocycles. The minimum absolute atomic E-state index is 0.0537. The van der Waals surface area contributed by atoms with Gasteiger partial charge in [-0.1, -0.05) is 29.8 Å². The van der Waals surface area contributed by atoms with Crippen LogP contribution in [-0.4, -0.2) is 16.6 Å². The molecule has 6 heteroatoms. The maximum Gasteiger partial charge on any atom is 0.260 e. The molecule has 0 bridgehead atoms. The van der Waals surface area contributed by atoms with Crippen LogP contribution in [0.2, 0.25) is 0 Å². The first-order chi connectivity index (χ1) is 15.6. The third-order valence-corrected chi connectivity index (χ3v) is 7.04. The van der Waals surface area contributed by atoms with Gasteiger partial charge in [0.1, 0.15) is 17.3 Å². The van der Waals surface area contributed by atoms with E-state index in [9.17, 15) is 4.79 Å². The zero-order valence-electron chi connectivity index (χ0n) is 18.4. The highest BCUT2D eigenvalue weighted by atomic mass is 32.1. The molecule has 5 nitrogen and oxygen atoms in total. The van der Waals surface area contributed by atoms with Gasteiger partial charge in [0.05, 0.1) is 12.0 Å². The highest BCUT2D eigenvalue weighted by molar-refractivity contribution is 7.18. The number of H-pyrrole nitrogens is 1. The second kappa shape index (κ2) is 8.79. The van der Waals surface area contributed by atoms with Crippen molar-refractivity contribution in [3.8, 4) is 22.9 Å². The Labute approximate surface area is 191 Å². The van der Waals surface area contributed by atoms with Crippen LogP contribution in [-0.2, 0) is 19.4 Å². The highest BCUT2D eigenvalue weighted by Crippen LogP contribution is 2.36. The molecule has 1 aliphatic rings. The Morgan fingerprint density at radius 2 is 1.84 bits per heavy atom. The number of aromatic amines is 1. The third kappa shape index (κ3) is 4.02. The number of rotatable bonds is 6. The van der Waals surface area contributed by atoms with Gasteiger partial charge in [-0.3, -0.25) is 4.79 Å². The summed E-state index contributed by atoms with van der Waals surface area (Å²) in [6.07, 6.45) is 4.35. The molecule has 0 saturated heterocycles. The molecule has 1 aliphatic carbocycles. The van der Waals surface area contributed by atoms with Crippen LogP contribution >= 0.6 is 11.3 Å². The molecule has 1 N–H and O–H groups in total. The van der Waals surface area contributed by atoms with Crippen LogP contribution in [0.4, 0.5) is 0 Å². The summed E-state index contributed by atoms with van der Waals surface area (Å²) in [4.78, 5) is 22.9. The van der Waals surface area contributed by atoms with Gasteiger partial charge in [-0.15, -0.1) is 11.3 Å². The number of aromatic nitrogens is 2. The molecule has 0 aliphatic heterocycles. The minimum Gasteiger partial charge on any atom is -0.490 e. The minimum atomic E-state index is -0.0537. The number of thiophene rings is 1. The molecule has 5 rings (SSSR count). The average molecular weight is 447 g/mol. The number of aryl methyl sites for hydroxylation is 3. The SMILES string of the molecule is CCOc1cc(-c2nc3sc4c(c3c(=O)[nH]2)CCCC4)ccc1OCc1ccc(C)cc1. The van der Waals surface area contributed by atoms with Crippen molar-refractivity contribution in [3.63, 3.8) is 0 Å². The number of hydrogen-bond donors (Lipinski definition) is 1. The van der Waals surface area contributed by atoms with Gasteiger partial charge in [0.25, 0.3) is 5.56 Å². The first-order valence-electron chi connectivity index (χ1n) is 11.1. The fourth-order valence-electron chi connectivity index (χ4n) is 4.19. The summed E-state index contributed by atoms with van der Waals surface area (Å²) in [6, 6.07) is 14.0. The maximum absolute atomic E-state index is 12.9. The van der Waals surface area contributed by atoms with Crippen molar-refractivity contribution < 1.29 is 9.47 Å². The molecule has 2 heterocycles.